The van der Waals surface area contributed by atoms with Crippen molar-refractivity contribution in [3.8, 4) is 22.8 Å². The first-order chi connectivity index (χ1) is 41.5. The Morgan fingerprint density at radius 3 is 1.63 bits per heavy atom. The number of furan rings is 2. The summed E-state index contributed by atoms with van der Waals surface area (Å²) >= 11 is 8.75. The van der Waals surface area contributed by atoms with Gasteiger partial charge in [-0.25, -0.2) is 19.9 Å². The summed E-state index contributed by atoms with van der Waals surface area (Å²) in [4.78, 5) is 22.2. The monoisotopic (exact) mass is 1160 g/mol. The van der Waals surface area contributed by atoms with Gasteiger partial charge in [0.15, 0.2) is 0 Å². The number of imidazole rings is 2. The van der Waals surface area contributed by atoms with Crippen LogP contribution in [0.15, 0.2) is 262 Å². The molecule has 0 amide bonds. The number of benzene rings is 10. The Bertz CT molecular complexity index is 5800. The molecule has 9 aromatic heterocycles. The third kappa shape index (κ3) is 7.42. The number of aromatic nitrogens is 8. The summed E-state index contributed by atoms with van der Waals surface area (Å²) in [6.07, 6.45) is 3.54. The highest BCUT2D eigenvalue weighted by atomic mass is 79.9. The van der Waals surface area contributed by atoms with E-state index in [-0.39, 0.29) is 0 Å². The molecule has 0 saturated heterocycles. The minimum atomic E-state index is 0.646. The SMILES string of the molecule is Clc1cccnc1Br.c1ccc(-n2c3cc(-c4nc5ccccc5[nH]4)ccc3c3ccc4oc5ccccc5c4c32)cc1.c1ccc(-n2c3cc4c(cc3c3ccc5oc6ccccc6c5c32)c2cccnc2n2c3ccccc3nc42)cc1. The van der Waals surface area contributed by atoms with Gasteiger partial charge in [0.1, 0.15) is 44.1 Å². The van der Waals surface area contributed by atoms with Gasteiger partial charge >= 0.3 is 0 Å². The van der Waals surface area contributed by atoms with Crippen molar-refractivity contribution >= 4 is 165 Å². The zero-order valence-corrected chi connectivity index (χ0v) is 46.7. The average molecular weight is 1170 g/mol. The maximum Gasteiger partial charge on any atom is 0.147 e. The third-order valence-corrected chi connectivity index (χ3v) is 17.3. The van der Waals surface area contributed by atoms with Crippen LogP contribution in [0.4, 0.5) is 0 Å². The summed E-state index contributed by atoms with van der Waals surface area (Å²) in [5, 5.41) is 13.3. The molecule has 0 radical (unpaired) electrons. The van der Waals surface area contributed by atoms with E-state index in [9.17, 15) is 0 Å². The quantitative estimate of drug-likeness (QED) is 0.139. The first-order valence-corrected chi connectivity index (χ1v) is 28.7. The number of pyridine rings is 3. The van der Waals surface area contributed by atoms with Gasteiger partial charge in [-0.2, -0.15) is 0 Å². The molecule has 0 saturated carbocycles. The van der Waals surface area contributed by atoms with Gasteiger partial charge in [0.2, 0.25) is 0 Å². The molecule has 0 aliphatic heterocycles. The molecule has 19 rings (SSSR count). The molecule has 0 aliphatic carbocycles. The van der Waals surface area contributed by atoms with E-state index in [0.29, 0.717) is 9.63 Å². The second-order valence-electron chi connectivity index (χ2n) is 20.9. The van der Waals surface area contributed by atoms with Gasteiger partial charge in [-0.1, -0.05) is 121 Å². The first-order valence-electron chi connectivity index (χ1n) is 27.6. The smallest absolute Gasteiger partial charge is 0.147 e. The fourth-order valence-electron chi connectivity index (χ4n) is 12.6. The van der Waals surface area contributed by atoms with Gasteiger partial charge < -0.3 is 23.0 Å². The molecule has 10 aromatic carbocycles. The summed E-state index contributed by atoms with van der Waals surface area (Å²) in [7, 11) is 0. The molecule has 9 heterocycles. The van der Waals surface area contributed by atoms with Crippen molar-refractivity contribution in [1.82, 2.24) is 38.5 Å². The zero-order chi connectivity index (χ0) is 55.6. The van der Waals surface area contributed by atoms with Crippen LogP contribution < -0.4 is 0 Å². The summed E-state index contributed by atoms with van der Waals surface area (Å²) in [5.41, 5.74) is 17.3. The van der Waals surface area contributed by atoms with Crippen molar-refractivity contribution in [1.29, 1.82) is 0 Å². The lowest BCUT2D eigenvalue weighted by molar-refractivity contribution is 0.669. The predicted octanol–water partition coefficient (Wildman–Crippen LogP) is 19.9. The van der Waals surface area contributed by atoms with Gasteiger partial charge in [0.25, 0.3) is 0 Å². The Morgan fingerprint density at radius 1 is 0.393 bits per heavy atom. The molecule has 396 valence electrons. The summed E-state index contributed by atoms with van der Waals surface area (Å²) in [6, 6.07) is 81.8. The number of halogens is 2. The van der Waals surface area contributed by atoms with Gasteiger partial charge in [0.05, 0.1) is 59.9 Å². The van der Waals surface area contributed by atoms with Gasteiger partial charge in [-0.15, -0.1) is 0 Å². The molecule has 0 aliphatic rings. The Balaban J connectivity index is 0.000000118. The van der Waals surface area contributed by atoms with Crippen LogP contribution in [0.25, 0.3) is 160 Å². The van der Waals surface area contributed by atoms with Crippen LogP contribution in [0, 0.1) is 0 Å². The van der Waals surface area contributed by atoms with E-state index in [4.69, 9.17) is 35.4 Å². The number of nitrogens with one attached hydrogen (secondary N) is 1. The van der Waals surface area contributed by atoms with Crippen molar-refractivity contribution in [2.24, 2.45) is 0 Å². The number of nitrogens with zero attached hydrogens (tertiary/aromatic N) is 7. The largest absolute Gasteiger partial charge is 0.456 e. The Kier molecular flexibility index (Phi) is 10.9. The van der Waals surface area contributed by atoms with Crippen molar-refractivity contribution in [3.05, 3.63) is 259 Å². The van der Waals surface area contributed by atoms with Crippen LogP contribution in [0.1, 0.15) is 0 Å². The molecule has 0 atom stereocenters. The molecular formula is C72H42BrClN8O2. The second kappa shape index (κ2) is 19.0. The number of aromatic amines is 1. The first kappa shape index (κ1) is 48.1. The van der Waals surface area contributed by atoms with E-state index in [1.165, 1.54) is 21.5 Å². The lowest BCUT2D eigenvalue weighted by Crippen LogP contribution is -1.96. The van der Waals surface area contributed by atoms with Crippen LogP contribution in [-0.2, 0) is 0 Å². The maximum absolute atomic E-state index is 6.34. The topological polar surface area (TPSA) is 108 Å². The third-order valence-electron chi connectivity index (χ3n) is 16.2. The van der Waals surface area contributed by atoms with Crippen LogP contribution >= 0.6 is 27.5 Å². The number of hydrogen-bond donors (Lipinski definition) is 1. The highest BCUT2D eigenvalue weighted by molar-refractivity contribution is 9.10. The van der Waals surface area contributed by atoms with Crippen LogP contribution in [0.5, 0.6) is 0 Å². The summed E-state index contributed by atoms with van der Waals surface area (Å²) in [5.74, 6) is 0.872. The number of H-pyrrole nitrogens is 1. The molecule has 19 aromatic rings. The molecule has 0 unspecified atom stereocenters. The number of fused-ring (bicyclic) bond motifs is 23. The Morgan fingerprint density at radius 2 is 0.964 bits per heavy atom. The second-order valence-corrected chi connectivity index (χ2v) is 22.0. The number of hydrogen-bond acceptors (Lipinski definition) is 6. The lowest BCUT2D eigenvalue weighted by atomic mass is 10.0. The van der Waals surface area contributed by atoms with Crippen LogP contribution in [0.2, 0.25) is 5.02 Å². The zero-order valence-electron chi connectivity index (χ0n) is 44.4. The minimum absolute atomic E-state index is 0.646. The van der Waals surface area contributed by atoms with E-state index < -0.39 is 0 Å². The highest BCUT2D eigenvalue weighted by Gasteiger charge is 2.24. The molecule has 0 fully saturated rings. The normalized spacial score (nSPS) is 11.9. The summed E-state index contributed by atoms with van der Waals surface area (Å²) < 4.78 is 20.2. The van der Waals surface area contributed by atoms with Crippen molar-refractivity contribution < 1.29 is 8.83 Å². The average Bonchev–Trinajstić information content (AvgIpc) is 2.19. The minimum Gasteiger partial charge on any atom is -0.456 e. The van der Waals surface area contributed by atoms with Crippen LogP contribution in [0.3, 0.4) is 0 Å². The van der Waals surface area contributed by atoms with E-state index in [1.54, 1.807) is 18.3 Å². The Hall–Kier alpha value is -10.6. The molecular weight excluding hydrogens is 1120 g/mol. The van der Waals surface area contributed by atoms with E-state index in [1.807, 2.05) is 60.8 Å². The van der Waals surface area contributed by atoms with Crippen molar-refractivity contribution in [3.63, 3.8) is 0 Å². The number of para-hydroxylation sites is 8. The summed E-state index contributed by atoms with van der Waals surface area (Å²) in [6.45, 7) is 0. The van der Waals surface area contributed by atoms with Gasteiger partial charge in [-0.05, 0) is 149 Å². The van der Waals surface area contributed by atoms with Gasteiger partial charge in [0, 0.05) is 72.4 Å². The number of rotatable bonds is 3. The van der Waals surface area contributed by atoms with Crippen LogP contribution in [-0.4, -0.2) is 38.5 Å². The molecule has 10 nitrogen and oxygen atoms in total. The maximum atomic E-state index is 6.34. The van der Waals surface area contributed by atoms with Gasteiger partial charge in [-0.3, -0.25) is 4.40 Å². The van der Waals surface area contributed by atoms with E-state index >= 15 is 0 Å². The lowest BCUT2D eigenvalue weighted by Gasteiger charge is -2.11. The van der Waals surface area contributed by atoms with E-state index in [2.05, 4.69) is 209 Å². The Labute approximate surface area is 490 Å². The van der Waals surface area contributed by atoms with Crippen molar-refractivity contribution in [2.45, 2.75) is 0 Å². The molecule has 1 N–H and O–H groups in total. The molecule has 0 spiro atoms. The molecule has 12 heteroatoms. The molecule has 84 heavy (non-hydrogen) atoms. The van der Waals surface area contributed by atoms with E-state index in [0.717, 1.165) is 138 Å². The fraction of sp³-hybridized carbons (Fsp3) is 0. The standard InChI is InChI=1S/C36H20N4O.C31H19N3O.C5H3BrClN/c1-2-9-21(10-3-1)39-30-20-27-25(23-12-8-18-37-35(23)40-29-14-6-5-13-28(29)38-36(27)40)19-26(30)22-16-17-32-33(34(22)39)24-11-4-7-15-31(24)41-32;1-2-8-20(9-3-1)34-26-18-19(31-32-24-11-5-6-12-25(24)33-31)14-15-21(26)22-16-17-28-29(30(22)34)23-10-4-7-13-27(23)35-28;6-5-4(7)2-1-3-8-5/h1-20H;1-18H,(H,32,33);1-3H. The predicted molar refractivity (Wildman–Crippen MR) is 347 cm³/mol. The van der Waals surface area contributed by atoms with Crippen molar-refractivity contribution in [2.75, 3.05) is 0 Å². The highest BCUT2D eigenvalue weighted by Crippen LogP contribution is 2.45. The molecule has 0 bridgehead atoms. The fourth-order valence-corrected chi connectivity index (χ4v) is 13.0.